The third kappa shape index (κ3) is 3.51. The fourth-order valence-corrected chi connectivity index (χ4v) is 3.45. The van der Waals surface area contributed by atoms with Gasteiger partial charge in [-0.05, 0) is 38.3 Å². The maximum Gasteiger partial charge on any atom is 0.233 e. The van der Waals surface area contributed by atoms with E-state index < -0.39 is 0 Å². The van der Waals surface area contributed by atoms with Gasteiger partial charge in [0.05, 0.1) is 18.4 Å². The van der Waals surface area contributed by atoms with Gasteiger partial charge in [0, 0.05) is 11.4 Å². The van der Waals surface area contributed by atoms with Crippen LogP contribution in [0.25, 0.3) is 0 Å². The van der Waals surface area contributed by atoms with Crippen LogP contribution in [-0.4, -0.2) is 40.9 Å². The highest BCUT2D eigenvalue weighted by atomic mass is 32.2. The summed E-state index contributed by atoms with van der Waals surface area (Å²) < 4.78 is 0. The van der Waals surface area contributed by atoms with E-state index in [9.17, 15) is 9.90 Å². The van der Waals surface area contributed by atoms with Crippen molar-refractivity contribution in [1.82, 2.24) is 4.90 Å². The highest BCUT2D eigenvalue weighted by molar-refractivity contribution is 8.00. The number of nitrogens with zero attached hydrogens (tertiary/aromatic N) is 1. The normalized spacial score (nSPS) is 18.9. The molecule has 0 spiro atoms. The molecule has 0 saturated carbocycles. The van der Waals surface area contributed by atoms with Crippen LogP contribution < -0.4 is 0 Å². The van der Waals surface area contributed by atoms with Crippen molar-refractivity contribution in [3.05, 3.63) is 29.3 Å². The van der Waals surface area contributed by atoms with Crippen LogP contribution in [-0.2, 0) is 4.79 Å². The Morgan fingerprint density at radius 3 is 3.00 bits per heavy atom. The van der Waals surface area contributed by atoms with Crippen molar-refractivity contribution in [3.63, 3.8) is 0 Å². The van der Waals surface area contributed by atoms with E-state index in [4.69, 9.17) is 0 Å². The van der Waals surface area contributed by atoms with Crippen LogP contribution in [0.15, 0.2) is 23.1 Å². The van der Waals surface area contributed by atoms with Crippen LogP contribution in [0.2, 0.25) is 0 Å². The van der Waals surface area contributed by atoms with Gasteiger partial charge in [-0.2, -0.15) is 0 Å². The highest BCUT2D eigenvalue weighted by Gasteiger charge is 2.27. The van der Waals surface area contributed by atoms with Crippen molar-refractivity contribution >= 4 is 17.7 Å². The first-order valence-electron chi connectivity index (χ1n) is 6.72. The van der Waals surface area contributed by atoms with Gasteiger partial charge in [0.15, 0.2) is 0 Å². The number of hydrogen-bond donors (Lipinski definition) is 1. The van der Waals surface area contributed by atoms with Gasteiger partial charge in [-0.25, -0.2) is 0 Å². The molecule has 0 bridgehead atoms. The van der Waals surface area contributed by atoms with Crippen molar-refractivity contribution in [2.45, 2.75) is 37.6 Å². The van der Waals surface area contributed by atoms with Crippen LogP contribution >= 0.6 is 11.8 Å². The first-order valence-corrected chi connectivity index (χ1v) is 7.70. The van der Waals surface area contributed by atoms with Gasteiger partial charge in [-0.1, -0.05) is 17.7 Å². The zero-order valence-electron chi connectivity index (χ0n) is 11.6. The van der Waals surface area contributed by atoms with Crippen molar-refractivity contribution in [1.29, 1.82) is 0 Å². The molecule has 1 amide bonds. The third-order valence-corrected chi connectivity index (χ3v) is 4.75. The van der Waals surface area contributed by atoms with Crippen LogP contribution in [0.4, 0.5) is 0 Å². The van der Waals surface area contributed by atoms with Gasteiger partial charge in [0.1, 0.15) is 0 Å². The van der Waals surface area contributed by atoms with E-state index in [0.717, 1.165) is 19.4 Å². The molecule has 1 N–H and O–H groups in total. The van der Waals surface area contributed by atoms with Crippen LogP contribution in [0.1, 0.15) is 24.0 Å². The number of carbonyl (C=O) groups is 1. The van der Waals surface area contributed by atoms with Gasteiger partial charge in [0.2, 0.25) is 5.91 Å². The lowest BCUT2D eigenvalue weighted by Gasteiger charge is -2.23. The number of likely N-dealkylation sites (tertiary alicyclic amines) is 1. The minimum atomic E-state index is 0.0340. The number of aliphatic hydroxyl groups is 1. The van der Waals surface area contributed by atoms with Gasteiger partial charge >= 0.3 is 0 Å². The lowest BCUT2D eigenvalue weighted by atomic mass is 10.2. The lowest BCUT2D eigenvalue weighted by molar-refractivity contribution is -0.129. The molecule has 0 aromatic heterocycles. The Balaban J connectivity index is 1.95. The largest absolute Gasteiger partial charge is 0.394 e. The summed E-state index contributed by atoms with van der Waals surface area (Å²) >= 11 is 1.60. The number of amides is 1. The summed E-state index contributed by atoms with van der Waals surface area (Å²) in [5.74, 6) is 0.600. The van der Waals surface area contributed by atoms with E-state index in [0.29, 0.717) is 5.75 Å². The quantitative estimate of drug-likeness (QED) is 0.860. The summed E-state index contributed by atoms with van der Waals surface area (Å²) in [5.41, 5.74) is 2.43. The van der Waals surface area contributed by atoms with E-state index in [-0.39, 0.29) is 18.6 Å². The molecular weight excluding hydrogens is 258 g/mol. The molecule has 19 heavy (non-hydrogen) atoms. The van der Waals surface area contributed by atoms with Crippen molar-refractivity contribution in [2.75, 3.05) is 18.9 Å². The number of thioether (sulfide) groups is 1. The molecule has 0 unspecified atom stereocenters. The SMILES string of the molecule is Cc1ccc(C)c(SCC(=O)N2CCC[C@H]2CO)c1. The fourth-order valence-electron chi connectivity index (χ4n) is 2.44. The van der Waals surface area contributed by atoms with Crippen LogP contribution in [0, 0.1) is 13.8 Å². The second kappa shape index (κ2) is 6.44. The Bertz CT molecular complexity index is 461. The Hall–Kier alpha value is -1.00. The van der Waals surface area contributed by atoms with Gasteiger partial charge in [-0.15, -0.1) is 11.8 Å². The third-order valence-electron chi connectivity index (χ3n) is 3.60. The molecule has 3 nitrogen and oxygen atoms in total. The van der Waals surface area contributed by atoms with E-state index in [1.54, 1.807) is 11.8 Å². The highest BCUT2D eigenvalue weighted by Crippen LogP contribution is 2.25. The maximum atomic E-state index is 12.2. The molecule has 2 rings (SSSR count). The zero-order valence-corrected chi connectivity index (χ0v) is 12.4. The molecule has 0 aliphatic carbocycles. The number of benzene rings is 1. The minimum absolute atomic E-state index is 0.0340. The van der Waals surface area contributed by atoms with Gasteiger partial charge in [-0.3, -0.25) is 4.79 Å². The predicted octanol–water partition coefficient (Wildman–Crippen LogP) is 2.38. The number of aryl methyl sites for hydroxylation is 2. The molecule has 1 aromatic rings. The topological polar surface area (TPSA) is 40.5 Å². The minimum Gasteiger partial charge on any atom is -0.394 e. The number of aliphatic hydroxyl groups excluding tert-OH is 1. The fraction of sp³-hybridized carbons (Fsp3) is 0.533. The number of carbonyl (C=O) groups excluding carboxylic acids is 1. The molecule has 4 heteroatoms. The van der Waals surface area contributed by atoms with E-state index in [1.165, 1.54) is 16.0 Å². The van der Waals surface area contributed by atoms with Gasteiger partial charge in [0.25, 0.3) is 0 Å². The molecular formula is C15H21NO2S. The molecule has 1 fully saturated rings. The standard InChI is InChI=1S/C15H21NO2S/c1-11-5-6-12(2)14(8-11)19-10-15(18)16-7-3-4-13(16)9-17/h5-6,8,13,17H,3-4,7,9-10H2,1-2H3/t13-/m0/s1. The molecule has 1 heterocycles. The first kappa shape index (κ1) is 14.4. The molecule has 1 aliphatic heterocycles. The van der Waals surface area contributed by atoms with Gasteiger partial charge < -0.3 is 10.0 Å². The van der Waals surface area contributed by atoms with E-state index >= 15 is 0 Å². The van der Waals surface area contributed by atoms with Crippen molar-refractivity contribution in [3.8, 4) is 0 Å². The molecule has 0 radical (unpaired) electrons. The average Bonchev–Trinajstić information content (AvgIpc) is 2.88. The molecule has 1 aliphatic rings. The number of hydrogen-bond acceptors (Lipinski definition) is 3. The number of rotatable bonds is 4. The van der Waals surface area contributed by atoms with E-state index in [1.807, 2.05) is 4.90 Å². The predicted molar refractivity (Wildman–Crippen MR) is 78.5 cm³/mol. The maximum absolute atomic E-state index is 12.2. The summed E-state index contributed by atoms with van der Waals surface area (Å²) in [6.45, 7) is 5.00. The monoisotopic (exact) mass is 279 g/mol. The summed E-state index contributed by atoms with van der Waals surface area (Å²) in [7, 11) is 0. The van der Waals surface area contributed by atoms with E-state index in [2.05, 4.69) is 32.0 Å². The Morgan fingerprint density at radius 2 is 2.26 bits per heavy atom. The smallest absolute Gasteiger partial charge is 0.233 e. The molecule has 1 aromatic carbocycles. The van der Waals surface area contributed by atoms with Crippen molar-refractivity contribution in [2.24, 2.45) is 0 Å². The summed E-state index contributed by atoms with van der Waals surface area (Å²) in [6, 6.07) is 6.34. The molecule has 104 valence electrons. The molecule has 1 atom stereocenters. The Morgan fingerprint density at radius 1 is 1.47 bits per heavy atom. The van der Waals surface area contributed by atoms with Crippen LogP contribution in [0.5, 0.6) is 0 Å². The summed E-state index contributed by atoms with van der Waals surface area (Å²) in [4.78, 5) is 15.2. The lowest BCUT2D eigenvalue weighted by Crippen LogP contribution is -2.38. The Kier molecular flexibility index (Phi) is 4.88. The average molecular weight is 279 g/mol. The first-order chi connectivity index (χ1) is 9.11. The van der Waals surface area contributed by atoms with Crippen molar-refractivity contribution < 1.29 is 9.90 Å². The van der Waals surface area contributed by atoms with Crippen LogP contribution in [0.3, 0.4) is 0 Å². The summed E-state index contributed by atoms with van der Waals surface area (Å²) in [5, 5.41) is 9.25. The second-order valence-corrected chi connectivity index (χ2v) is 6.14. The summed E-state index contributed by atoms with van der Waals surface area (Å²) in [6.07, 6.45) is 1.93. The molecule has 1 saturated heterocycles. The second-order valence-electron chi connectivity index (χ2n) is 5.12. The zero-order chi connectivity index (χ0) is 13.8. The Labute approximate surface area is 119 Å².